The Bertz CT molecular complexity index is 990. The summed E-state index contributed by atoms with van der Waals surface area (Å²) in [5.74, 6) is 0.891. The van der Waals surface area contributed by atoms with E-state index in [2.05, 4.69) is 10.8 Å². The van der Waals surface area contributed by atoms with E-state index >= 15 is 0 Å². The van der Waals surface area contributed by atoms with Crippen LogP contribution in [-0.4, -0.2) is 45.5 Å². The zero-order valence-electron chi connectivity index (χ0n) is 15.4. The number of nitrogens with one attached hydrogen (secondary N) is 1. The van der Waals surface area contributed by atoms with Crippen LogP contribution in [0.25, 0.3) is 0 Å². The van der Waals surface area contributed by atoms with Gasteiger partial charge in [0.05, 0.1) is 4.90 Å². The highest BCUT2D eigenvalue weighted by Crippen LogP contribution is 2.32. The summed E-state index contributed by atoms with van der Waals surface area (Å²) in [7, 11) is -3.73. The number of hydrogen-bond donors (Lipinski definition) is 1. The SMILES string of the molecule is O=C(CCNS(=O)(=O)c1ccc2c(c1)OCCO2)N1CCc2ccccc2C1. The quantitative estimate of drug-likeness (QED) is 0.823. The average molecular weight is 402 g/mol. The predicted molar refractivity (Wildman–Crippen MR) is 103 cm³/mol. The second-order valence-corrected chi connectivity index (χ2v) is 8.55. The van der Waals surface area contributed by atoms with Gasteiger partial charge >= 0.3 is 0 Å². The van der Waals surface area contributed by atoms with Gasteiger partial charge in [0.25, 0.3) is 0 Å². The van der Waals surface area contributed by atoms with E-state index in [4.69, 9.17) is 9.47 Å². The number of fused-ring (bicyclic) bond motifs is 2. The molecule has 0 fully saturated rings. The number of carbonyl (C=O) groups excluding carboxylic acids is 1. The summed E-state index contributed by atoms with van der Waals surface area (Å²) in [5, 5.41) is 0. The van der Waals surface area contributed by atoms with Gasteiger partial charge in [0.2, 0.25) is 15.9 Å². The maximum Gasteiger partial charge on any atom is 0.240 e. The highest BCUT2D eigenvalue weighted by atomic mass is 32.2. The number of rotatable bonds is 5. The van der Waals surface area contributed by atoms with Crippen LogP contribution in [0.4, 0.5) is 0 Å². The van der Waals surface area contributed by atoms with E-state index in [0.29, 0.717) is 37.8 Å². The Hall–Kier alpha value is -2.58. The topological polar surface area (TPSA) is 84.9 Å². The summed E-state index contributed by atoms with van der Waals surface area (Å²) >= 11 is 0. The van der Waals surface area contributed by atoms with E-state index in [-0.39, 0.29) is 23.8 Å². The molecule has 0 spiro atoms. The fraction of sp³-hybridized carbons (Fsp3) is 0.350. The molecule has 0 aliphatic carbocycles. The van der Waals surface area contributed by atoms with Gasteiger partial charge in [-0.15, -0.1) is 0 Å². The molecule has 0 unspecified atom stereocenters. The maximum atomic E-state index is 12.5. The van der Waals surface area contributed by atoms with Gasteiger partial charge in [0.15, 0.2) is 11.5 Å². The van der Waals surface area contributed by atoms with Crippen molar-refractivity contribution in [2.45, 2.75) is 24.3 Å². The van der Waals surface area contributed by atoms with Crippen LogP contribution >= 0.6 is 0 Å². The van der Waals surface area contributed by atoms with Crippen molar-refractivity contribution in [1.29, 1.82) is 0 Å². The second-order valence-electron chi connectivity index (χ2n) is 6.79. The van der Waals surface area contributed by atoms with E-state index < -0.39 is 10.0 Å². The molecule has 0 aromatic heterocycles. The van der Waals surface area contributed by atoms with Crippen molar-refractivity contribution in [3.63, 3.8) is 0 Å². The van der Waals surface area contributed by atoms with Crippen LogP contribution in [0, 0.1) is 0 Å². The number of nitrogens with zero attached hydrogens (tertiary/aromatic N) is 1. The number of sulfonamides is 1. The van der Waals surface area contributed by atoms with Gasteiger partial charge in [0, 0.05) is 32.1 Å². The Labute approximate surface area is 164 Å². The van der Waals surface area contributed by atoms with Crippen LogP contribution < -0.4 is 14.2 Å². The fourth-order valence-corrected chi connectivity index (χ4v) is 4.48. The molecule has 2 aliphatic heterocycles. The molecule has 2 aromatic carbocycles. The zero-order chi connectivity index (χ0) is 19.6. The summed E-state index contributed by atoms with van der Waals surface area (Å²) < 4.78 is 38.4. The molecule has 28 heavy (non-hydrogen) atoms. The van der Waals surface area contributed by atoms with E-state index in [1.807, 2.05) is 18.2 Å². The summed E-state index contributed by atoms with van der Waals surface area (Å²) in [6, 6.07) is 12.6. The molecule has 4 rings (SSSR count). The normalized spacial score (nSPS) is 15.8. The minimum absolute atomic E-state index is 0.0494. The van der Waals surface area contributed by atoms with Crippen molar-refractivity contribution in [3.8, 4) is 11.5 Å². The number of hydrogen-bond acceptors (Lipinski definition) is 5. The number of amides is 1. The van der Waals surface area contributed by atoms with Crippen molar-refractivity contribution >= 4 is 15.9 Å². The third-order valence-corrected chi connectivity index (χ3v) is 6.40. The van der Waals surface area contributed by atoms with Gasteiger partial charge in [-0.2, -0.15) is 0 Å². The van der Waals surface area contributed by atoms with Gasteiger partial charge in [-0.25, -0.2) is 13.1 Å². The molecule has 148 valence electrons. The summed E-state index contributed by atoms with van der Waals surface area (Å²) in [6.07, 6.45) is 0.941. The van der Waals surface area contributed by atoms with E-state index in [1.54, 1.807) is 11.0 Å². The monoisotopic (exact) mass is 402 g/mol. The minimum atomic E-state index is -3.73. The highest BCUT2D eigenvalue weighted by Gasteiger charge is 2.22. The lowest BCUT2D eigenvalue weighted by atomic mass is 10.00. The Morgan fingerprint density at radius 2 is 1.79 bits per heavy atom. The van der Waals surface area contributed by atoms with E-state index in [0.717, 1.165) is 12.0 Å². The Morgan fingerprint density at radius 3 is 2.61 bits per heavy atom. The largest absolute Gasteiger partial charge is 0.486 e. The fourth-order valence-electron chi connectivity index (χ4n) is 3.43. The Morgan fingerprint density at radius 1 is 1.04 bits per heavy atom. The molecule has 1 amide bonds. The molecule has 0 radical (unpaired) electrons. The first kappa shape index (κ1) is 18.8. The van der Waals surface area contributed by atoms with Crippen LogP contribution in [0.15, 0.2) is 47.4 Å². The third-order valence-electron chi connectivity index (χ3n) is 4.94. The smallest absolute Gasteiger partial charge is 0.240 e. The minimum Gasteiger partial charge on any atom is -0.486 e. The van der Waals surface area contributed by atoms with Crippen LogP contribution in [0.2, 0.25) is 0 Å². The lowest BCUT2D eigenvalue weighted by molar-refractivity contribution is -0.131. The first-order chi connectivity index (χ1) is 13.5. The lowest BCUT2D eigenvalue weighted by Gasteiger charge is -2.29. The molecule has 0 atom stereocenters. The molecular formula is C20H22N2O5S. The van der Waals surface area contributed by atoms with Gasteiger partial charge < -0.3 is 14.4 Å². The number of ether oxygens (including phenoxy) is 2. The molecule has 0 saturated carbocycles. The lowest BCUT2D eigenvalue weighted by Crippen LogP contribution is -2.38. The van der Waals surface area contributed by atoms with Gasteiger partial charge in [0.1, 0.15) is 13.2 Å². The molecule has 8 heteroatoms. The Balaban J connectivity index is 1.34. The van der Waals surface area contributed by atoms with Crippen molar-refractivity contribution < 1.29 is 22.7 Å². The predicted octanol–water partition coefficient (Wildman–Crippen LogP) is 1.71. The highest BCUT2D eigenvalue weighted by molar-refractivity contribution is 7.89. The first-order valence-corrected chi connectivity index (χ1v) is 10.8. The number of carbonyl (C=O) groups is 1. The standard InChI is InChI=1S/C20H22N2O5S/c23-20(22-10-8-15-3-1-2-4-16(15)14-22)7-9-21-28(24,25)17-5-6-18-19(13-17)27-12-11-26-18/h1-6,13,21H,7-12,14H2. The summed E-state index contributed by atoms with van der Waals surface area (Å²) in [6.45, 7) is 2.11. The molecule has 2 aliphatic rings. The molecule has 0 saturated heterocycles. The molecule has 7 nitrogen and oxygen atoms in total. The number of benzene rings is 2. The van der Waals surface area contributed by atoms with Crippen molar-refractivity contribution in [3.05, 3.63) is 53.6 Å². The van der Waals surface area contributed by atoms with Crippen LogP contribution in [-0.2, 0) is 27.8 Å². The zero-order valence-corrected chi connectivity index (χ0v) is 16.2. The molecule has 1 N–H and O–H groups in total. The summed E-state index contributed by atoms with van der Waals surface area (Å²) in [5.41, 5.74) is 2.42. The summed E-state index contributed by atoms with van der Waals surface area (Å²) in [4.78, 5) is 14.3. The van der Waals surface area contributed by atoms with Crippen LogP contribution in [0.3, 0.4) is 0 Å². The van der Waals surface area contributed by atoms with Crippen LogP contribution in [0.5, 0.6) is 11.5 Å². The molecule has 2 heterocycles. The van der Waals surface area contributed by atoms with Gasteiger partial charge in [-0.3, -0.25) is 4.79 Å². The maximum absolute atomic E-state index is 12.5. The molecule has 2 aromatic rings. The van der Waals surface area contributed by atoms with Gasteiger partial charge in [-0.05, 0) is 29.7 Å². The van der Waals surface area contributed by atoms with Crippen molar-refractivity contribution in [2.24, 2.45) is 0 Å². The molecular weight excluding hydrogens is 380 g/mol. The van der Waals surface area contributed by atoms with Crippen molar-refractivity contribution in [1.82, 2.24) is 9.62 Å². The first-order valence-electron chi connectivity index (χ1n) is 9.27. The molecule has 0 bridgehead atoms. The second kappa shape index (κ2) is 7.81. The third kappa shape index (κ3) is 3.98. The van der Waals surface area contributed by atoms with Crippen molar-refractivity contribution in [2.75, 3.05) is 26.3 Å². The van der Waals surface area contributed by atoms with E-state index in [1.165, 1.54) is 17.7 Å². The van der Waals surface area contributed by atoms with Gasteiger partial charge in [-0.1, -0.05) is 24.3 Å². The Kier molecular flexibility index (Phi) is 5.23. The average Bonchev–Trinajstić information content (AvgIpc) is 2.72. The van der Waals surface area contributed by atoms with E-state index in [9.17, 15) is 13.2 Å². The van der Waals surface area contributed by atoms with Crippen LogP contribution in [0.1, 0.15) is 17.5 Å².